The lowest BCUT2D eigenvalue weighted by atomic mass is 10.0. The average Bonchev–Trinajstić information content (AvgIpc) is 2.77. The minimum atomic E-state index is -0.0105. The average molecular weight is 580 g/mol. The maximum atomic E-state index is 13.7. The van der Waals surface area contributed by atoms with Gasteiger partial charge in [0.1, 0.15) is 5.69 Å². The first-order chi connectivity index (χ1) is 15.2. The predicted molar refractivity (Wildman–Crippen MR) is 135 cm³/mol. The number of nitrogens with zero attached hydrogens (tertiary/aromatic N) is 3. The van der Waals surface area contributed by atoms with Gasteiger partial charge in [0.15, 0.2) is 0 Å². The summed E-state index contributed by atoms with van der Waals surface area (Å²) in [6.45, 7) is 6.07. The maximum absolute atomic E-state index is 13.7. The van der Waals surface area contributed by atoms with Crippen LogP contribution in [0.15, 0.2) is 54.6 Å². The fraction of sp³-hybridized carbons (Fsp3) is 0.407. The Balaban J connectivity index is 0.00000385. The van der Waals surface area contributed by atoms with E-state index in [4.69, 9.17) is 16.6 Å². The Labute approximate surface area is 220 Å². The zero-order valence-electron chi connectivity index (χ0n) is 20.3. The largest absolute Gasteiger partial charge is 1.00 e. The molecule has 0 aliphatic heterocycles. The molecule has 0 bridgehead atoms. The molecule has 0 saturated carbocycles. The van der Waals surface area contributed by atoms with Crippen molar-refractivity contribution in [2.75, 3.05) is 34.2 Å². The van der Waals surface area contributed by atoms with Gasteiger partial charge in [-0.15, -0.1) is 0 Å². The van der Waals surface area contributed by atoms with Crippen molar-refractivity contribution in [3.8, 4) is 11.3 Å². The Kier molecular flexibility index (Phi) is 10.1. The van der Waals surface area contributed by atoms with Crippen LogP contribution in [0.4, 0.5) is 0 Å². The topological polar surface area (TPSA) is 33.2 Å². The Morgan fingerprint density at radius 1 is 1.06 bits per heavy atom. The summed E-state index contributed by atoms with van der Waals surface area (Å²) < 4.78 is 0.935. The smallest absolute Gasteiger partial charge is 0.272 e. The third-order valence-corrected chi connectivity index (χ3v) is 6.28. The van der Waals surface area contributed by atoms with Crippen molar-refractivity contribution in [1.29, 1.82) is 0 Å². The molecule has 0 saturated heterocycles. The second-order valence-electron chi connectivity index (χ2n) is 9.53. The number of rotatable bonds is 9. The van der Waals surface area contributed by atoms with Crippen molar-refractivity contribution in [2.24, 2.45) is 0 Å². The predicted octanol–water partition coefficient (Wildman–Crippen LogP) is 3.29. The molecule has 3 aromatic rings. The molecule has 1 heterocycles. The molecular formula is C27H35ClIN3O. The van der Waals surface area contributed by atoms with Crippen LogP contribution in [0.5, 0.6) is 0 Å². The third kappa shape index (κ3) is 7.14. The van der Waals surface area contributed by atoms with Gasteiger partial charge in [0, 0.05) is 28.6 Å². The number of aromatic nitrogens is 1. The first-order valence-electron chi connectivity index (χ1n) is 11.5. The van der Waals surface area contributed by atoms with E-state index in [0.29, 0.717) is 10.7 Å². The van der Waals surface area contributed by atoms with E-state index >= 15 is 0 Å². The minimum absolute atomic E-state index is 0. The van der Waals surface area contributed by atoms with Crippen molar-refractivity contribution in [3.63, 3.8) is 0 Å². The summed E-state index contributed by atoms with van der Waals surface area (Å²) in [5, 5.41) is 2.62. The molecule has 3 rings (SSSR count). The lowest BCUT2D eigenvalue weighted by Gasteiger charge is -2.29. The zero-order chi connectivity index (χ0) is 23.3. The normalized spacial score (nSPS) is 12.3. The van der Waals surface area contributed by atoms with Gasteiger partial charge in [-0.3, -0.25) is 4.79 Å². The highest BCUT2D eigenvalue weighted by Gasteiger charge is 2.23. The summed E-state index contributed by atoms with van der Waals surface area (Å²) in [4.78, 5) is 20.5. The minimum Gasteiger partial charge on any atom is -1.00 e. The number of quaternary nitrogens is 1. The highest BCUT2D eigenvalue weighted by Crippen LogP contribution is 2.32. The third-order valence-electron chi connectivity index (χ3n) is 5.95. The maximum Gasteiger partial charge on any atom is 0.272 e. The van der Waals surface area contributed by atoms with E-state index in [1.54, 1.807) is 0 Å². The number of halogens is 2. The number of fused-ring (bicyclic) bond motifs is 1. The molecule has 0 aliphatic rings. The van der Waals surface area contributed by atoms with Crippen LogP contribution in [-0.4, -0.2) is 60.5 Å². The van der Waals surface area contributed by atoms with Crippen LogP contribution in [0.25, 0.3) is 22.0 Å². The molecule has 178 valence electrons. The van der Waals surface area contributed by atoms with Crippen molar-refractivity contribution >= 4 is 28.3 Å². The van der Waals surface area contributed by atoms with Gasteiger partial charge in [0.05, 0.1) is 33.4 Å². The number of amides is 1. The van der Waals surface area contributed by atoms with Gasteiger partial charge >= 0.3 is 0 Å². The van der Waals surface area contributed by atoms with Gasteiger partial charge in [0.25, 0.3) is 5.91 Å². The Morgan fingerprint density at radius 2 is 1.73 bits per heavy atom. The first kappa shape index (κ1) is 27.5. The first-order valence-corrected chi connectivity index (χ1v) is 11.8. The number of carbonyl (C=O) groups is 1. The number of hydrogen-bond donors (Lipinski definition) is 0. The summed E-state index contributed by atoms with van der Waals surface area (Å²) in [7, 11) is 6.60. The van der Waals surface area contributed by atoms with Gasteiger partial charge in [-0.05, 0) is 43.7 Å². The SMILES string of the molecule is CCC(C)N(CCCC[N+](C)(C)C)C(=O)c1cc2ccccc2c(-c2ccccc2Cl)n1.[I-]. The molecule has 0 N–H and O–H groups in total. The Bertz CT molecular complexity index is 1080. The van der Waals surface area contributed by atoms with Gasteiger partial charge in [-0.2, -0.15) is 0 Å². The van der Waals surface area contributed by atoms with Crippen molar-refractivity contribution in [2.45, 2.75) is 39.2 Å². The Hall–Kier alpha value is -1.70. The number of unbranched alkanes of at least 4 members (excludes halogenated alkanes) is 1. The lowest BCUT2D eigenvalue weighted by Crippen LogP contribution is -3.00. The number of hydrogen-bond acceptors (Lipinski definition) is 2. The van der Waals surface area contributed by atoms with E-state index in [2.05, 4.69) is 35.0 Å². The van der Waals surface area contributed by atoms with Crippen LogP contribution >= 0.6 is 11.6 Å². The van der Waals surface area contributed by atoms with Crippen LogP contribution in [0.2, 0.25) is 5.02 Å². The molecule has 1 unspecified atom stereocenters. The van der Waals surface area contributed by atoms with Gasteiger partial charge < -0.3 is 33.4 Å². The van der Waals surface area contributed by atoms with E-state index in [1.807, 2.05) is 59.5 Å². The van der Waals surface area contributed by atoms with Gasteiger partial charge in [-0.25, -0.2) is 4.98 Å². The highest BCUT2D eigenvalue weighted by atomic mass is 127. The number of carbonyl (C=O) groups excluding carboxylic acids is 1. The monoisotopic (exact) mass is 579 g/mol. The molecule has 1 amide bonds. The number of benzene rings is 2. The van der Waals surface area contributed by atoms with Crippen LogP contribution in [0, 0.1) is 0 Å². The summed E-state index contributed by atoms with van der Waals surface area (Å²) in [5.41, 5.74) is 2.08. The molecule has 1 aromatic heterocycles. The molecule has 1 atom stereocenters. The summed E-state index contributed by atoms with van der Waals surface area (Å²) in [5.74, 6) is -0.0105. The van der Waals surface area contributed by atoms with Crippen molar-refractivity contribution < 1.29 is 33.3 Å². The molecule has 4 nitrogen and oxygen atoms in total. The molecule has 2 aromatic carbocycles. The summed E-state index contributed by atoms with van der Waals surface area (Å²) in [6.07, 6.45) is 2.97. The van der Waals surface area contributed by atoms with Crippen molar-refractivity contribution in [3.05, 3.63) is 65.3 Å². The fourth-order valence-corrected chi connectivity index (χ4v) is 4.15. The van der Waals surface area contributed by atoms with E-state index in [9.17, 15) is 4.79 Å². The van der Waals surface area contributed by atoms with E-state index in [0.717, 1.165) is 58.9 Å². The van der Waals surface area contributed by atoms with Gasteiger partial charge in [0.2, 0.25) is 0 Å². The van der Waals surface area contributed by atoms with E-state index < -0.39 is 0 Å². The summed E-state index contributed by atoms with van der Waals surface area (Å²) in [6, 6.07) is 17.8. The lowest BCUT2D eigenvalue weighted by molar-refractivity contribution is -0.870. The summed E-state index contributed by atoms with van der Waals surface area (Å²) >= 11 is 6.51. The van der Waals surface area contributed by atoms with Crippen LogP contribution in [0.3, 0.4) is 0 Å². The molecule has 33 heavy (non-hydrogen) atoms. The van der Waals surface area contributed by atoms with Crippen LogP contribution in [0.1, 0.15) is 43.6 Å². The second kappa shape index (κ2) is 12.1. The molecular weight excluding hydrogens is 545 g/mol. The van der Waals surface area contributed by atoms with E-state index in [-0.39, 0.29) is 35.9 Å². The molecule has 0 radical (unpaired) electrons. The van der Waals surface area contributed by atoms with Gasteiger partial charge in [-0.1, -0.05) is 61.0 Å². The molecule has 0 fully saturated rings. The Morgan fingerprint density at radius 3 is 2.39 bits per heavy atom. The highest BCUT2D eigenvalue weighted by molar-refractivity contribution is 6.33. The fourth-order valence-electron chi connectivity index (χ4n) is 3.92. The second-order valence-corrected chi connectivity index (χ2v) is 9.94. The molecule has 0 spiro atoms. The zero-order valence-corrected chi connectivity index (χ0v) is 23.2. The van der Waals surface area contributed by atoms with Crippen LogP contribution < -0.4 is 24.0 Å². The molecule has 0 aliphatic carbocycles. The molecule has 6 heteroatoms. The standard InChI is InChI=1S/C27H35ClN3O.HI/c1-6-20(2)30(17-11-12-18-31(3,4)5)27(32)25-19-21-13-7-8-14-22(21)26(29-25)23-15-9-10-16-24(23)28;/h7-10,13-16,19-20H,6,11-12,17-18H2,1-5H3;1H/q+1;/p-1. The van der Waals surface area contributed by atoms with Crippen LogP contribution in [-0.2, 0) is 0 Å². The quantitative estimate of drug-likeness (QED) is 0.222. The van der Waals surface area contributed by atoms with E-state index in [1.165, 1.54) is 0 Å². The number of pyridine rings is 1. The van der Waals surface area contributed by atoms with Crippen molar-refractivity contribution in [1.82, 2.24) is 9.88 Å².